The van der Waals surface area contributed by atoms with E-state index in [0.29, 0.717) is 11.3 Å². The van der Waals surface area contributed by atoms with E-state index in [1.54, 1.807) is 18.2 Å². The number of hydrazone groups is 1. The van der Waals surface area contributed by atoms with Gasteiger partial charge in [-0.15, -0.1) is 0 Å². The lowest BCUT2D eigenvalue weighted by molar-refractivity contribution is 0.0950. The zero-order chi connectivity index (χ0) is 21.0. The zero-order valence-electron chi connectivity index (χ0n) is 16.6. The van der Waals surface area contributed by atoms with Crippen LogP contribution in [0, 0.1) is 13.8 Å². The first-order chi connectivity index (χ1) is 13.9. The molecule has 0 radical (unpaired) electrons. The van der Waals surface area contributed by atoms with Crippen molar-refractivity contribution in [2.75, 3.05) is 14.2 Å². The van der Waals surface area contributed by atoms with Crippen molar-refractivity contribution in [1.29, 1.82) is 0 Å². The third-order valence-electron chi connectivity index (χ3n) is 4.51. The Morgan fingerprint density at radius 1 is 1.10 bits per heavy atom. The molecule has 8 nitrogen and oxygen atoms in total. The quantitative estimate of drug-likeness (QED) is 0.439. The molecule has 150 valence electrons. The maximum atomic E-state index is 12.3. The number of aryl methyl sites for hydroxylation is 2. The molecule has 3 aromatic rings. The topological polar surface area (TPSA) is 109 Å². The third-order valence-corrected chi connectivity index (χ3v) is 4.51. The molecule has 0 unspecified atom stereocenters. The Hall–Kier alpha value is -3.81. The molecule has 2 aromatic carbocycles. The molecule has 0 saturated heterocycles. The summed E-state index contributed by atoms with van der Waals surface area (Å²) in [6, 6.07) is 10.8. The zero-order valence-corrected chi connectivity index (χ0v) is 16.6. The molecule has 1 amide bonds. The minimum Gasteiger partial charge on any atom is -0.502 e. The van der Waals surface area contributed by atoms with Gasteiger partial charge in [-0.05, 0) is 49.2 Å². The molecule has 0 aliphatic rings. The van der Waals surface area contributed by atoms with Crippen molar-refractivity contribution < 1.29 is 19.4 Å². The second kappa shape index (κ2) is 8.47. The summed E-state index contributed by atoms with van der Waals surface area (Å²) in [6.45, 7) is 4.07. The molecule has 1 heterocycles. The highest BCUT2D eigenvalue weighted by Gasteiger charge is 2.12. The minimum absolute atomic E-state index is 0.104. The summed E-state index contributed by atoms with van der Waals surface area (Å²) in [6.07, 6.45) is 1.42. The van der Waals surface area contributed by atoms with Gasteiger partial charge in [0.1, 0.15) is 5.69 Å². The van der Waals surface area contributed by atoms with E-state index in [4.69, 9.17) is 9.47 Å². The molecular weight excluding hydrogens is 372 g/mol. The Bertz CT molecular complexity index is 1050. The predicted octanol–water partition coefficient (Wildman–Crippen LogP) is 3.18. The fourth-order valence-corrected chi connectivity index (χ4v) is 2.70. The number of phenolic OH excluding ortho intramolecular Hbond substituents is 1. The van der Waals surface area contributed by atoms with Gasteiger partial charge in [0.25, 0.3) is 5.91 Å². The van der Waals surface area contributed by atoms with Crippen LogP contribution >= 0.6 is 0 Å². The van der Waals surface area contributed by atoms with Crippen LogP contribution in [0.3, 0.4) is 0 Å². The molecule has 0 spiro atoms. The summed E-state index contributed by atoms with van der Waals surface area (Å²) in [5, 5.41) is 20.8. The molecule has 0 saturated carbocycles. The van der Waals surface area contributed by atoms with Crippen LogP contribution in [-0.2, 0) is 0 Å². The summed E-state index contributed by atoms with van der Waals surface area (Å²) in [5.74, 6) is -0.0542. The Kier molecular flexibility index (Phi) is 5.82. The van der Waals surface area contributed by atoms with Crippen LogP contribution in [-0.4, -0.2) is 41.6 Å². The summed E-state index contributed by atoms with van der Waals surface area (Å²) in [5.41, 5.74) is 7.26. The predicted molar refractivity (Wildman–Crippen MR) is 110 cm³/mol. The maximum absolute atomic E-state index is 12.3. The van der Waals surface area contributed by atoms with Gasteiger partial charge in [-0.3, -0.25) is 9.89 Å². The lowest BCUT2D eigenvalue weighted by Crippen LogP contribution is -2.18. The highest BCUT2D eigenvalue weighted by atomic mass is 16.5. The number of carbonyl (C=O) groups is 1. The van der Waals surface area contributed by atoms with Crippen molar-refractivity contribution in [3.05, 3.63) is 58.8 Å². The van der Waals surface area contributed by atoms with Crippen LogP contribution in [0.2, 0.25) is 0 Å². The molecule has 0 aliphatic carbocycles. The van der Waals surface area contributed by atoms with E-state index in [1.807, 2.05) is 32.0 Å². The second-order valence-electron chi connectivity index (χ2n) is 6.44. The van der Waals surface area contributed by atoms with Crippen LogP contribution in [0.15, 0.2) is 41.5 Å². The highest BCUT2D eigenvalue weighted by Crippen LogP contribution is 2.36. The molecule has 1 aromatic heterocycles. The Morgan fingerprint density at radius 2 is 1.79 bits per heavy atom. The number of aromatic hydroxyl groups is 1. The molecule has 0 aliphatic heterocycles. The Morgan fingerprint density at radius 3 is 2.41 bits per heavy atom. The van der Waals surface area contributed by atoms with Gasteiger partial charge in [-0.1, -0.05) is 12.1 Å². The molecule has 8 heteroatoms. The number of H-pyrrole nitrogens is 1. The van der Waals surface area contributed by atoms with E-state index in [-0.39, 0.29) is 22.9 Å². The first-order valence-electron chi connectivity index (χ1n) is 8.84. The number of aromatic amines is 1. The number of benzene rings is 2. The normalized spacial score (nSPS) is 10.9. The number of ether oxygens (including phenoxy) is 2. The van der Waals surface area contributed by atoms with Crippen molar-refractivity contribution >= 4 is 12.1 Å². The number of methoxy groups -OCH3 is 2. The van der Waals surface area contributed by atoms with Crippen molar-refractivity contribution in [1.82, 2.24) is 15.6 Å². The Labute approximate surface area is 168 Å². The first-order valence-corrected chi connectivity index (χ1v) is 8.84. The average Bonchev–Trinajstić information content (AvgIpc) is 3.21. The van der Waals surface area contributed by atoms with Crippen molar-refractivity contribution in [2.24, 2.45) is 5.10 Å². The van der Waals surface area contributed by atoms with E-state index in [0.717, 1.165) is 11.1 Å². The number of hydrogen-bond acceptors (Lipinski definition) is 6. The van der Waals surface area contributed by atoms with Crippen molar-refractivity contribution in [2.45, 2.75) is 13.8 Å². The van der Waals surface area contributed by atoms with E-state index < -0.39 is 5.91 Å². The molecule has 0 fully saturated rings. The highest BCUT2D eigenvalue weighted by molar-refractivity contribution is 5.94. The lowest BCUT2D eigenvalue weighted by Gasteiger charge is -2.09. The molecule has 3 rings (SSSR count). The lowest BCUT2D eigenvalue weighted by atomic mass is 10.0. The second-order valence-corrected chi connectivity index (χ2v) is 6.44. The van der Waals surface area contributed by atoms with Crippen LogP contribution in [0.1, 0.15) is 27.2 Å². The maximum Gasteiger partial charge on any atom is 0.289 e. The van der Waals surface area contributed by atoms with Gasteiger partial charge in [-0.2, -0.15) is 10.2 Å². The third kappa shape index (κ3) is 4.37. The molecular formula is C21H22N4O4. The number of hydrogen-bond donors (Lipinski definition) is 3. The van der Waals surface area contributed by atoms with E-state index in [2.05, 4.69) is 20.7 Å². The van der Waals surface area contributed by atoms with Crippen LogP contribution in [0.4, 0.5) is 0 Å². The van der Waals surface area contributed by atoms with E-state index in [1.165, 1.54) is 26.0 Å². The smallest absolute Gasteiger partial charge is 0.289 e. The summed E-state index contributed by atoms with van der Waals surface area (Å²) >= 11 is 0. The molecule has 0 bridgehead atoms. The first kappa shape index (κ1) is 19.9. The van der Waals surface area contributed by atoms with Crippen LogP contribution in [0.5, 0.6) is 17.2 Å². The number of carbonyl (C=O) groups excluding carboxylic acids is 1. The fourth-order valence-electron chi connectivity index (χ4n) is 2.70. The Balaban J connectivity index is 1.71. The number of nitrogens with one attached hydrogen (secondary N) is 2. The monoisotopic (exact) mass is 394 g/mol. The molecule has 0 atom stereocenters. The van der Waals surface area contributed by atoms with Crippen LogP contribution < -0.4 is 14.9 Å². The average molecular weight is 394 g/mol. The van der Waals surface area contributed by atoms with Gasteiger partial charge in [0.05, 0.1) is 26.1 Å². The van der Waals surface area contributed by atoms with Gasteiger partial charge < -0.3 is 14.6 Å². The van der Waals surface area contributed by atoms with Gasteiger partial charge in [-0.25, -0.2) is 5.43 Å². The number of amides is 1. The fraction of sp³-hybridized carbons (Fsp3) is 0.190. The number of aromatic nitrogens is 2. The van der Waals surface area contributed by atoms with Gasteiger partial charge in [0.2, 0.25) is 5.75 Å². The summed E-state index contributed by atoms with van der Waals surface area (Å²) < 4.78 is 10.2. The van der Waals surface area contributed by atoms with Crippen molar-refractivity contribution in [3.8, 4) is 28.5 Å². The largest absolute Gasteiger partial charge is 0.502 e. The molecule has 29 heavy (non-hydrogen) atoms. The van der Waals surface area contributed by atoms with Gasteiger partial charge in [0.15, 0.2) is 11.5 Å². The minimum atomic E-state index is -0.429. The standard InChI is InChI=1S/C21H22N4O4/c1-12-5-6-15(7-13(12)2)16-10-17(24-23-16)21(27)25-22-11-14-8-18(28-3)20(26)19(9-14)29-4/h5-11,26H,1-4H3,(H,23,24)(H,25,27). The summed E-state index contributed by atoms with van der Waals surface area (Å²) in [4.78, 5) is 12.3. The SMILES string of the molecule is COc1cc(C=NNC(=O)c2cc(-c3ccc(C)c(C)c3)n[nH]2)cc(OC)c1O. The number of rotatable bonds is 6. The van der Waals surface area contributed by atoms with E-state index >= 15 is 0 Å². The van der Waals surface area contributed by atoms with Gasteiger partial charge >= 0.3 is 0 Å². The molecule has 3 N–H and O–H groups in total. The number of phenols is 1. The van der Waals surface area contributed by atoms with Crippen molar-refractivity contribution in [3.63, 3.8) is 0 Å². The summed E-state index contributed by atoms with van der Waals surface area (Å²) in [7, 11) is 2.87. The van der Waals surface area contributed by atoms with Gasteiger partial charge in [0, 0.05) is 11.1 Å². The number of nitrogens with zero attached hydrogens (tertiary/aromatic N) is 2. The van der Waals surface area contributed by atoms with E-state index in [9.17, 15) is 9.90 Å². The van der Waals surface area contributed by atoms with Crippen LogP contribution in [0.25, 0.3) is 11.3 Å².